The zero-order chi connectivity index (χ0) is 17.7. The molecule has 7 heteroatoms. The molecule has 0 unspecified atom stereocenters. The van der Waals surface area contributed by atoms with Gasteiger partial charge < -0.3 is 20.3 Å². The quantitative estimate of drug-likeness (QED) is 0.789. The molecular weight excluding hydrogens is 310 g/mol. The molecule has 0 aromatic heterocycles. The maximum absolute atomic E-state index is 12.9. The highest BCUT2D eigenvalue weighted by Gasteiger charge is 2.32. The molecule has 3 amide bonds. The number of methoxy groups -OCH3 is 1. The monoisotopic (exact) mass is 333 g/mol. The maximum atomic E-state index is 12.9. The first kappa shape index (κ1) is 17.8. The van der Waals surface area contributed by atoms with E-state index in [2.05, 4.69) is 15.4 Å². The third-order valence-corrected chi connectivity index (χ3v) is 3.99. The van der Waals surface area contributed by atoms with Gasteiger partial charge in [-0.15, -0.1) is 0 Å². The second kappa shape index (κ2) is 7.81. The number of carbonyl (C=O) groups excluding carboxylic acids is 3. The van der Waals surface area contributed by atoms with E-state index in [1.54, 1.807) is 4.90 Å². The lowest BCUT2D eigenvalue weighted by Gasteiger charge is -2.27. The highest BCUT2D eigenvalue weighted by Crippen LogP contribution is 2.28. The van der Waals surface area contributed by atoms with Gasteiger partial charge in [0.1, 0.15) is 12.6 Å². The molecule has 1 aromatic carbocycles. The first-order valence-electron chi connectivity index (χ1n) is 7.94. The highest BCUT2D eigenvalue weighted by molar-refractivity contribution is 6.00. The topological polar surface area (TPSA) is 87.7 Å². The number of benzene rings is 1. The van der Waals surface area contributed by atoms with Gasteiger partial charge in [-0.2, -0.15) is 0 Å². The number of nitrogens with one attached hydrogen (secondary N) is 2. The fraction of sp³-hybridized carbons (Fsp3) is 0.471. The summed E-state index contributed by atoms with van der Waals surface area (Å²) in [6, 6.07) is 6.52. The van der Waals surface area contributed by atoms with Crippen molar-refractivity contribution >= 4 is 23.6 Å². The Kier molecular flexibility index (Phi) is 5.78. The standard InChI is InChI=1S/C17H23N3O4/c1-11(2)15(19-17(23)18-10-14(21)24-3)16(22)20-9-8-12-6-4-5-7-13(12)20/h4-7,11,15H,8-10H2,1-3H3,(H2,18,19,23)/t15-/m1/s1. The largest absolute Gasteiger partial charge is 0.468 e. The Morgan fingerprint density at radius 3 is 2.62 bits per heavy atom. The number of ether oxygens (including phenoxy) is 1. The molecule has 2 rings (SSSR count). The summed E-state index contributed by atoms with van der Waals surface area (Å²) in [5.74, 6) is -0.789. The molecule has 0 saturated carbocycles. The van der Waals surface area contributed by atoms with E-state index in [0.717, 1.165) is 17.7 Å². The van der Waals surface area contributed by atoms with Crippen molar-refractivity contribution in [1.29, 1.82) is 0 Å². The van der Waals surface area contributed by atoms with Gasteiger partial charge >= 0.3 is 12.0 Å². The van der Waals surface area contributed by atoms with Crippen molar-refractivity contribution < 1.29 is 19.1 Å². The second-order valence-corrected chi connectivity index (χ2v) is 5.99. The summed E-state index contributed by atoms with van der Waals surface area (Å²) in [7, 11) is 1.24. The summed E-state index contributed by atoms with van der Waals surface area (Å²) in [6.45, 7) is 4.09. The normalized spacial score (nSPS) is 14.1. The number of hydrogen-bond donors (Lipinski definition) is 2. The molecule has 7 nitrogen and oxygen atoms in total. The Labute approximate surface area is 141 Å². The molecule has 0 spiro atoms. The van der Waals surface area contributed by atoms with Crippen LogP contribution < -0.4 is 15.5 Å². The maximum Gasteiger partial charge on any atom is 0.325 e. The molecule has 0 radical (unpaired) electrons. The van der Waals surface area contributed by atoms with E-state index in [1.807, 2.05) is 38.1 Å². The van der Waals surface area contributed by atoms with Crippen LogP contribution in [0, 0.1) is 5.92 Å². The van der Waals surface area contributed by atoms with Gasteiger partial charge in [0.2, 0.25) is 5.91 Å². The molecule has 1 aliphatic rings. The Morgan fingerprint density at radius 1 is 1.25 bits per heavy atom. The fourth-order valence-electron chi connectivity index (χ4n) is 2.67. The van der Waals surface area contributed by atoms with Crippen LogP contribution in [-0.4, -0.2) is 44.1 Å². The van der Waals surface area contributed by atoms with Gasteiger partial charge in [0, 0.05) is 12.2 Å². The summed E-state index contributed by atoms with van der Waals surface area (Å²) >= 11 is 0. The Balaban J connectivity index is 2.04. The van der Waals surface area contributed by atoms with E-state index in [4.69, 9.17) is 0 Å². The number of esters is 1. The summed E-state index contributed by atoms with van der Waals surface area (Å²) in [5.41, 5.74) is 2.02. The van der Waals surface area contributed by atoms with E-state index in [0.29, 0.717) is 6.54 Å². The summed E-state index contributed by atoms with van der Waals surface area (Å²) in [4.78, 5) is 37.6. The third kappa shape index (κ3) is 4.04. The molecule has 1 aliphatic heterocycles. The van der Waals surface area contributed by atoms with Crippen molar-refractivity contribution in [2.75, 3.05) is 25.1 Å². The van der Waals surface area contributed by atoms with Gasteiger partial charge in [-0.3, -0.25) is 9.59 Å². The fourth-order valence-corrected chi connectivity index (χ4v) is 2.67. The Hall–Kier alpha value is -2.57. The number of hydrogen-bond acceptors (Lipinski definition) is 4. The zero-order valence-electron chi connectivity index (χ0n) is 14.2. The first-order valence-corrected chi connectivity index (χ1v) is 7.94. The predicted molar refractivity (Wildman–Crippen MR) is 89.7 cm³/mol. The minimum Gasteiger partial charge on any atom is -0.468 e. The number of amides is 3. The van der Waals surface area contributed by atoms with Crippen LogP contribution in [0.15, 0.2) is 24.3 Å². The van der Waals surface area contributed by atoms with Crippen LogP contribution in [0.1, 0.15) is 19.4 Å². The van der Waals surface area contributed by atoms with Gasteiger partial charge in [-0.1, -0.05) is 32.0 Å². The van der Waals surface area contributed by atoms with Crippen LogP contribution in [-0.2, 0) is 20.7 Å². The smallest absolute Gasteiger partial charge is 0.325 e. The van der Waals surface area contributed by atoms with Gasteiger partial charge in [0.15, 0.2) is 0 Å². The molecule has 0 aliphatic carbocycles. The summed E-state index contributed by atoms with van der Waals surface area (Å²) < 4.78 is 4.46. The average molecular weight is 333 g/mol. The molecule has 0 fully saturated rings. The minimum absolute atomic E-state index is 0.0888. The summed E-state index contributed by atoms with van der Waals surface area (Å²) in [5, 5.41) is 5.04. The van der Waals surface area contributed by atoms with E-state index in [-0.39, 0.29) is 18.4 Å². The number of fused-ring (bicyclic) bond motifs is 1. The lowest BCUT2D eigenvalue weighted by Crippen LogP contribution is -2.54. The number of carbonyl (C=O) groups is 3. The molecule has 1 atom stereocenters. The zero-order valence-corrected chi connectivity index (χ0v) is 14.2. The number of anilines is 1. The van der Waals surface area contributed by atoms with Crippen molar-refractivity contribution in [3.05, 3.63) is 29.8 Å². The molecule has 0 bridgehead atoms. The van der Waals surface area contributed by atoms with Crippen molar-refractivity contribution in [2.45, 2.75) is 26.3 Å². The second-order valence-electron chi connectivity index (χ2n) is 5.99. The number of urea groups is 1. The van der Waals surface area contributed by atoms with Gasteiger partial charge in [0.25, 0.3) is 0 Å². The van der Waals surface area contributed by atoms with E-state index >= 15 is 0 Å². The van der Waals surface area contributed by atoms with Crippen molar-refractivity contribution in [1.82, 2.24) is 10.6 Å². The van der Waals surface area contributed by atoms with Crippen molar-refractivity contribution in [3.8, 4) is 0 Å². The first-order chi connectivity index (χ1) is 11.4. The van der Waals surface area contributed by atoms with E-state index < -0.39 is 18.0 Å². The lowest BCUT2D eigenvalue weighted by atomic mass is 10.0. The lowest BCUT2D eigenvalue weighted by molar-refractivity contribution is -0.139. The van der Waals surface area contributed by atoms with Crippen molar-refractivity contribution in [2.24, 2.45) is 5.92 Å². The van der Waals surface area contributed by atoms with Gasteiger partial charge in [-0.25, -0.2) is 4.79 Å². The SMILES string of the molecule is COC(=O)CNC(=O)N[C@@H](C(=O)N1CCc2ccccc21)C(C)C. The molecule has 130 valence electrons. The van der Waals surface area contributed by atoms with E-state index in [1.165, 1.54) is 7.11 Å². The Bertz CT molecular complexity index is 630. The van der Waals surface area contributed by atoms with E-state index in [9.17, 15) is 14.4 Å². The average Bonchev–Trinajstić information content (AvgIpc) is 3.00. The van der Waals surface area contributed by atoms with Crippen LogP contribution >= 0.6 is 0 Å². The predicted octanol–water partition coefficient (Wildman–Crippen LogP) is 1.07. The van der Waals surface area contributed by atoms with Crippen LogP contribution in [0.25, 0.3) is 0 Å². The van der Waals surface area contributed by atoms with Crippen LogP contribution in [0.2, 0.25) is 0 Å². The molecule has 0 saturated heterocycles. The molecule has 24 heavy (non-hydrogen) atoms. The van der Waals surface area contributed by atoms with Crippen LogP contribution in [0.5, 0.6) is 0 Å². The minimum atomic E-state index is -0.672. The number of rotatable bonds is 5. The molecule has 2 N–H and O–H groups in total. The van der Waals surface area contributed by atoms with Crippen LogP contribution in [0.4, 0.5) is 10.5 Å². The summed E-state index contributed by atoms with van der Waals surface area (Å²) in [6.07, 6.45) is 0.807. The highest BCUT2D eigenvalue weighted by atomic mass is 16.5. The molecular formula is C17H23N3O4. The van der Waals surface area contributed by atoms with Gasteiger partial charge in [-0.05, 0) is 24.0 Å². The molecule has 1 aromatic rings. The van der Waals surface area contributed by atoms with Gasteiger partial charge in [0.05, 0.1) is 7.11 Å². The van der Waals surface area contributed by atoms with Crippen LogP contribution in [0.3, 0.4) is 0 Å². The number of para-hydroxylation sites is 1. The molecule has 1 heterocycles. The number of nitrogens with zero attached hydrogens (tertiary/aromatic N) is 1. The Morgan fingerprint density at radius 2 is 1.96 bits per heavy atom. The third-order valence-electron chi connectivity index (χ3n) is 3.99. The van der Waals surface area contributed by atoms with Crippen molar-refractivity contribution in [3.63, 3.8) is 0 Å².